The van der Waals surface area contributed by atoms with E-state index in [9.17, 15) is 0 Å². The average molecular weight is 500 g/mol. The van der Waals surface area contributed by atoms with Gasteiger partial charge in [0.15, 0.2) is 5.96 Å². The Morgan fingerprint density at radius 2 is 2.00 bits per heavy atom. The largest absolute Gasteiger partial charge is 0.355 e. The SMILES string of the molecule is CN=C(NCCN(CC1CC1)C1CC1)NCc1cc(Cl)c(Cl)n1C.I. The van der Waals surface area contributed by atoms with Gasteiger partial charge in [-0.25, -0.2) is 0 Å². The first-order valence-corrected chi connectivity index (χ1v) is 9.52. The second-order valence-electron chi connectivity index (χ2n) is 6.86. The van der Waals surface area contributed by atoms with Crippen LogP contribution in [0.4, 0.5) is 0 Å². The van der Waals surface area contributed by atoms with Crippen molar-refractivity contribution in [2.24, 2.45) is 18.0 Å². The summed E-state index contributed by atoms with van der Waals surface area (Å²) < 4.78 is 1.88. The van der Waals surface area contributed by atoms with Crippen LogP contribution in [-0.4, -0.2) is 48.2 Å². The van der Waals surface area contributed by atoms with Crippen LogP contribution in [0.3, 0.4) is 0 Å². The van der Waals surface area contributed by atoms with Crippen molar-refractivity contribution in [3.63, 3.8) is 0 Å². The molecule has 0 amide bonds. The molecule has 2 saturated carbocycles. The van der Waals surface area contributed by atoms with E-state index in [1.807, 2.05) is 17.7 Å². The third-order valence-electron chi connectivity index (χ3n) is 4.82. The Hall–Kier alpha value is -0.180. The van der Waals surface area contributed by atoms with Crippen LogP contribution in [0, 0.1) is 5.92 Å². The van der Waals surface area contributed by atoms with Gasteiger partial charge in [-0.15, -0.1) is 24.0 Å². The molecule has 0 spiro atoms. The fourth-order valence-corrected chi connectivity index (χ4v) is 3.38. The second-order valence-corrected chi connectivity index (χ2v) is 7.62. The number of nitrogens with one attached hydrogen (secondary N) is 2. The lowest BCUT2D eigenvalue weighted by Gasteiger charge is -2.22. The number of aliphatic imine (C=N–C) groups is 1. The maximum absolute atomic E-state index is 6.10. The highest BCUT2D eigenvalue weighted by Gasteiger charge is 2.33. The van der Waals surface area contributed by atoms with Crippen LogP contribution in [0.5, 0.6) is 0 Å². The van der Waals surface area contributed by atoms with E-state index < -0.39 is 0 Å². The Bertz CT molecular complexity index is 596. The molecule has 2 aliphatic rings. The van der Waals surface area contributed by atoms with Crippen molar-refractivity contribution in [3.8, 4) is 0 Å². The highest BCUT2D eigenvalue weighted by molar-refractivity contribution is 14.0. The van der Waals surface area contributed by atoms with Crippen LogP contribution >= 0.6 is 47.2 Å². The molecule has 1 aromatic heterocycles. The number of guanidine groups is 1. The van der Waals surface area contributed by atoms with Gasteiger partial charge < -0.3 is 15.2 Å². The molecule has 0 atom stereocenters. The van der Waals surface area contributed by atoms with Gasteiger partial charge in [-0.2, -0.15) is 0 Å². The third kappa shape index (κ3) is 6.19. The molecule has 2 fully saturated rings. The van der Waals surface area contributed by atoms with Crippen molar-refractivity contribution in [3.05, 3.63) is 21.9 Å². The monoisotopic (exact) mass is 499 g/mol. The second kappa shape index (κ2) is 9.67. The van der Waals surface area contributed by atoms with Crippen LogP contribution in [0.1, 0.15) is 31.4 Å². The molecule has 142 valence electrons. The minimum atomic E-state index is 0. The van der Waals surface area contributed by atoms with Crippen molar-refractivity contribution in [1.82, 2.24) is 20.1 Å². The van der Waals surface area contributed by atoms with Crippen molar-refractivity contribution in [2.75, 3.05) is 26.7 Å². The lowest BCUT2D eigenvalue weighted by molar-refractivity contribution is 0.256. The van der Waals surface area contributed by atoms with E-state index in [2.05, 4.69) is 20.5 Å². The van der Waals surface area contributed by atoms with Crippen molar-refractivity contribution >= 4 is 53.1 Å². The van der Waals surface area contributed by atoms with Crippen LogP contribution < -0.4 is 10.6 Å². The molecule has 2 N–H and O–H groups in total. The minimum absolute atomic E-state index is 0. The zero-order valence-corrected chi connectivity index (χ0v) is 18.7. The first-order chi connectivity index (χ1) is 11.6. The molecule has 0 unspecified atom stereocenters. The summed E-state index contributed by atoms with van der Waals surface area (Å²) in [5, 5.41) is 7.88. The van der Waals surface area contributed by atoms with Crippen LogP contribution in [0.25, 0.3) is 0 Å². The molecule has 0 saturated heterocycles. The van der Waals surface area contributed by atoms with Gasteiger partial charge in [0.2, 0.25) is 0 Å². The predicted octanol–water partition coefficient (Wildman–Crippen LogP) is 3.49. The Balaban J connectivity index is 0.00000225. The van der Waals surface area contributed by atoms with Crippen molar-refractivity contribution < 1.29 is 0 Å². The highest BCUT2D eigenvalue weighted by atomic mass is 127. The van der Waals surface area contributed by atoms with E-state index in [1.54, 1.807) is 7.05 Å². The zero-order chi connectivity index (χ0) is 17.1. The van der Waals surface area contributed by atoms with Gasteiger partial charge in [0, 0.05) is 45.5 Å². The van der Waals surface area contributed by atoms with Gasteiger partial charge in [0.1, 0.15) is 5.15 Å². The molecule has 2 aliphatic carbocycles. The molecule has 0 bridgehead atoms. The molecular weight excluding hydrogens is 472 g/mol. The zero-order valence-electron chi connectivity index (χ0n) is 14.9. The van der Waals surface area contributed by atoms with E-state index >= 15 is 0 Å². The fourth-order valence-electron chi connectivity index (χ4n) is 2.97. The van der Waals surface area contributed by atoms with E-state index in [-0.39, 0.29) is 24.0 Å². The molecule has 1 aromatic rings. The molecule has 0 aliphatic heterocycles. The number of rotatable bonds is 8. The number of hydrogen-bond acceptors (Lipinski definition) is 2. The normalized spacial score (nSPS) is 17.6. The van der Waals surface area contributed by atoms with Gasteiger partial charge >= 0.3 is 0 Å². The summed E-state index contributed by atoms with van der Waals surface area (Å²) in [5.74, 6) is 1.76. The van der Waals surface area contributed by atoms with Crippen LogP contribution in [0.15, 0.2) is 11.1 Å². The Labute approximate surface area is 177 Å². The molecule has 8 heteroatoms. The quantitative estimate of drug-likeness (QED) is 0.327. The summed E-state index contributed by atoms with van der Waals surface area (Å²) in [6.07, 6.45) is 5.58. The van der Waals surface area contributed by atoms with Gasteiger partial charge in [0.25, 0.3) is 0 Å². The average Bonchev–Trinajstić information content (AvgIpc) is 3.46. The topological polar surface area (TPSA) is 44.6 Å². The third-order valence-corrected chi connectivity index (χ3v) is 5.66. The molecule has 1 heterocycles. The van der Waals surface area contributed by atoms with E-state index in [4.69, 9.17) is 23.2 Å². The number of nitrogens with zero attached hydrogens (tertiary/aromatic N) is 3. The van der Waals surface area contributed by atoms with Crippen molar-refractivity contribution in [1.29, 1.82) is 0 Å². The van der Waals surface area contributed by atoms with E-state index in [0.29, 0.717) is 16.7 Å². The predicted molar refractivity (Wildman–Crippen MR) is 116 cm³/mol. The Morgan fingerprint density at radius 1 is 1.28 bits per heavy atom. The summed E-state index contributed by atoms with van der Waals surface area (Å²) in [6, 6.07) is 2.71. The van der Waals surface area contributed by atoms with Gasteiger partial charge in [-0.1, -0.05) is 23.2 Å². The van der Waals surface area contributed by atoms with Gasteiger partial charge in [-0.3, -0.25) is 9.89 Å². The van der Waals surface area contributed by atoms with Crippen LogP contribution in [-0.2, 0) is 13.6 Å². The maximum atomic E-state index is 6.10. The summed E-state index contributed by atoms with van der Waals surface area (Å²) in [5.41, 5.74) is 1.03. The Kier molecular flexibility index (Phi) is 8.17. The van der Waals surface area contributed by atoms with E-state index in [0.717, 1.165) is 36.7 Å². The first-order valence-electron chi connectivity index (χ1n) is 8.76. The standard InChI is InChI=1S/C17H27Cl2N5.HI/c1-20-17(22-10-14-9-15(18)16(19)23(14)2)21-7-8-24(13-5-6-13)11-12-3-4-12;/h9,12-13H,3-8,10-11H2,1-2H3,(H2,20,21,22);1H. The summed E-state index contributed by atoms with van der Waals surface area (Å²) >= 11 is 12.2. The molecular formula is C17H28Cl2IN5. The molecule has 0 radical (unpaired) electrons. The summed E-state index contributed by atoms with van der Waals surface area (Å²) in [4.78, 5) is 6.94. The highest BCUT2D eigenvalue weighted by Crippen LogP contribution is 2.34. The van der Waals surface area contributed by atoms with Gasteiger partial charge in [-0.05, 0) is 37.7 Å². The first kappa shape index (κ1) is 21.1. The Morgan fingerprint density at radius 3 is 2.52 bits per heavy atom. The van der Waals surface area contributed by atoms with Crippen molar-refractivity contribution in [2.45, 2.75) is 38.3 Å². The minimum Gasteiger partial charge on any atom is -0.355 e. The lowest BCUT2D eigenvalue weighted by Crippen LogP contribution is -2.42. The number of hydrogen-bond donors (Lipinski definition) is 2. The fraction of sp³-hybridized carbons (Fsp3) is 0.706. The van der Waals surface area contributed by atoms with Crippen LogP contribution in [0.2, 0.25) is 10.2 Å². The molecule has 25 heavy (non-hydrogen) atoms. The van der Waals surface area contributed by atoms with E-state index in [1.165, 1.54) is 32.2 Å². The molecule has 5 nitrogen and oxygen atoms in total. The summed E-state index contributed by atoms with van der Waals surface area (Å²) in [7, 11) is 3.70. The maximum Gasteiger partial charge on any atom is 0.191 e. The number of aromatic nitrogens is 1. The number of halogens is 3. The molecule has 3 rings (SSSR count). The lowest BCUT2D eigenvalue weighted by atomic mass is 10.3. The molecule has 0 aromatic carbocycles. The smallest absolute Gasteiger partial charge is 0.191 e. The van der Waals surface area contributed by atoms with Gasteiger partial charge in [0.05, 0.1) is 11.6 Å². The summed E-state index contributed by atoms with van der Waals surface area (Å²) in [6.45, 7) is 3.91.